The van der Waals surface area contributed by atoms with Crippen molar-refractivity contribution < 1.29 is 18.3 Å². The molecule has 0 aliphatic carbocycles. The predicted octanol–water partition coefficient (Wildman–Crippen LogP) is 3.79. The second-order valence-electron chi connectivity index (χ2n) is 4.32. The van der Waals surface area contributed by atoms with Gasteiger partial charge in [-0.25, -0.2) is 8.78 Å². The smallest absolute Gasteiger partial charge is 0.141 e. The van der Waals surface area contributed by atoms with Gasteiger partial charge in [0.15, 0.2) is 0 Å². The number of methoxy groups -OCH3 is 2. The molecule has 0 bridgehead atoms. The van der Waals surface area contributed by atoms with Crippen LogP contribution in [0.1, 0.15) is 17.2 Å². The Morgan fingerprint density at radius 3 is 2.19 bits per heavy atom. The molecule has 0 fully saturated rings. The molecular formula is C15H14BrF2NO2. The van der Waals surface area contributed by atoms with Crippen LogP contribution in [0.2, 0.25) is 0 Å². The standard InChI is InChI=1S/C15H14BrF2NO2/c1-20-11-7-6-8(15(21-2)13(11)16)14(19)12-9(17)4-3-5-10(12)18/h3-7,14H,19H2,1-2H3. The lowest BCUT2D eigenvalue weighted by atomic mass is 9.97. The number of nitrogens with two attached hydrogens (primary N) is 1. The Bertz CT molecular complexity index is 644. The molecule has 0 aromatic heterocycles. The van der Waals surface area contributed by atoms with Gasteiger partial charge in [0, 0.05) is 11.1 Å². The number of hydrogen-bond donors (Lipinski definition) is 1. The summed E-state index contributed by atoms with van der Waals surface area (Å²) in [7, 11) is 2.96. The molecular weight excluding hydrogens is 344 g/mol. The van der Waals surface area contributed by atoms with Gasteiger partial charge in [-0.1, -0.05) is 6.07 Å². The van der Waals surface area contributed by atoms with Crippen molar-refractivity contribution in [3.63, 3.8) is 0 Å². The summed E-state index contributed by atoms with van der Waals surface area (Å²) in [5.41, 5.74) is 6.29. The predicted molar refractivity (Wildman–Crippen MR) is 79.6 cm³/mol. The molecule has 2 rings (SSSR count). The Labute approximate surface area is 129 Å². The molecule has 2 aromatic carbocycles. The van der Waals surface area contributed by atoms with E-state index in [1.165, 1.54) is 32.4 Å². The maximum absolute atomic E-state index is 13.9. The van der Waals surface area contributed by atoms with Crippen LogP contribution in [0.5, 0.6) is 11.5 Å². The first-order valence-corrected chi connectivity index (χ1v) is 6.90. The molecule has 2 aromatic rings. The van der Waals surface area contributed by atoms with Gasteiger partial charge in [0.05, 0.1) is 20.3 Å². The normalized spacial score (nSPS) is 12.1. The highest BCUT2D eigenvalue weighted by molar-refractivity contribution is 9.10. The highest BCUT2D eigenvalue weighted by atomic mass is 79.9. The zero-order chi connectivity index (χ0) is 15.6. The Morgan fingerprint density at radius 1 is 1.05 bits per heavy atom. The summed E-state index contributed by atoms with van der Waals surface area (Å²) in [5, 5.41) is 0. The largest absolute Gasteiger partial charge is 0.495 e. The van der Waals surface area contributed by atoms with Crippen molar-refractivity contribution in [2.45, 2.75) is 6.04 Å². The van der Waals surface area contributed by atoms with Gasteiger partial charge in [-0.3, -0.25) is 0 Å². The summed E-state index contributed by atoms with van der Waals surface area (Å²) in [5.74, 6) is -0.478. The van der Waals surface area contributed by atoms with Gasteiger partial charge < -0.3 is 15.2 Å². The van der Waals surface area contributed by atoms with E-state index in [2.05, 4.69) is 15.9 Å². The Hall–Kier alpha value is -1.66. The summed E-state index contributed by atoms with van der Waals surface area (Å²) < 4.78 is 38.7. The van der Waals surface area contributed by atoms with Gasteiger partial charge in [-0.05, 0) is 40.2 Å². The quantitative estimate of drug-likeness (QED) is 0.905. The first kappa shape index (κ1) is 15.7. The Balaban J connectivity index is 2.59. The molecule has 3 nitrogen and oxygen atoms in total. The molecule has 0 spiro atoms. The van der Waals surface area contributed by atoms with Crippen LogP contribution < -0.4 is 15.2 Å². The highest BCUT2D eigenvalue weighted by Crippen LogP contribution is 2.41. The SMILES string of the molecule is COc1ccc(C(N)c2c(F)cccc2F)c(OC)c1Br. The van der Waals surface area contributed by atoms with Crippen LogP contribution >= 0.6 is 15.9 Å². The van der Waals surface area contributed by atoms with E-state index in [0.717, 1.165) is 0 Å². The first-order valence-electron chi connectivity index (χ1n) is 6.11. The zero-order valence-electron chi connectivity index (χ0n) is 11.5. The van der Waals surface area contributed by atoms with Gasteiger partial charge in [0.2, 0.25) is 0 Å². The average Bonchev–Trinajstić information content (AvgIpc) is 2.46. The molecule has 1 unspecified atom stereocenters. The molecule has 0 heterocycles. The van der Waals surface area contributed by atoms with E-state index >= 15 is 0 Å². The Morgan fingerprint density at radius 2 is 1.67 bits per heavy atom. The average molecular weight is 358 g/mol. The third kappa shape index (κ3) is 2.87. The van der Waals surface area contributed by atoms with Gasteiger partial charge >= 0.3 is 0 Å². The van der Waals surface area contributed by atoms with E-state index in [-0.39, 0.29) is 5.56 Å². The third-order valence-electron chi connectivity index (χ3n) is 3.16. The van der Waals surface area contributed by atoms with Crippen molar-refractivity contribution in [3.05, 3.63) is 57.6 Å². The summed E-state index contributed by atoms with van der Waals surface area (Å²) >= 11 is 3.34. The fourth-order valence-electron chi connectivity index (χ4n) is 2.13. The van der Waals surface area contributed by atoms with Gasteiger partial charge in [0.1, 0.15) is 27.6 Å². The van der Waals surface area contributed by atoms with Crippen molar-refractivity contribution >= 4 is 15.9 Å². The molecule has 0 saturated carbocycles. The van der Waals surface area contributed by atoms with Crippen molar-refractivity contribution in [3.8, 4) is 11.5 Å². The molecule has 0 saturated heterocycles. The fraction of sp³-hybridized carbons (Fsp3) is 0.200. The lowest BCUT2D eigenvalue weighted by Gasteiger charge is -2.19. The summed E-state index contributed by atoms with van der Waals surface area (Å²) in [6.45, 7) is 0. The van der Waals surface area contributed by atoms with Gasteiger partial charge in [-0.2, -0.15) is 0 Å². The summed E-state index contributed by atoms with van der Waals surface area (Å²) in [6, 6.07) is 5.91. The lowest BCUT2D eigenvalue weighted by molar-refractivity contribution is 0.384. The third-order valence-corrected chi connectivity index (χ3v) is 3.91. The van der Waals surface area contributed by atoms with E-state index in [1.54, 1.807) is 12.1 Å². The number of rotatable bonds is 4. The number of halogens is 3. The van der Waals surface area contributed by atoms with Crippen LogP contribution in [0.4, 0.5) is 8.78 Å². The molecule has 0 aliphatic heterocycles. The van der Waals surface area contributed by atoms with Gasteiger partial charge in [0.25, 0.3) is 0 Å². The molecule has 21 heavy (non-hydrogen) atoms. The second kappa shape index (κ2) is 6.41. The van der Waals surface area contributed by atoms with Crippen molar-refractivity contribution in [1.82, 2.24) is 0 Å². The van der Waals surface area contributed by atoms with E-state index in [4.69, 9.17) is 15.2 Å². The minimum atomic E-state index is -0.997. The van der Waals surface area contributed by atoms with Crippen LogP contribution in [0, 0.1) is 11.6 Å². The van der Waals surface area contributed by atoms with Crippen LogP contribution in [-0.2, 0) is 0 Å². The maximum atomic E-state index is 13.9. The molecule has 0 radical (unpaired) electrons. The first-order chi connectivity index (χ1) is 10.0. The van der Waals surface area contributed by atoms with E-state index in [0.29, 0.717) is 21.5 Å². The van der Waals surface area contributed by atoms with Crippen LogP contribution in [-0.4, -0.2) is 14.2 Å². The maximum Gasteiger partial charge on any atom is 0.141 e. The number of benzene rings is 2. The minimum absolute atomic E-state index is 0.201. The molecule has 2 N–H and O–H groups in total. The molecule has 0 amide bonds. The van der Waals surface area contributed by atoms with Crippen LogP contribution in [0.25, 0.3) is 0 Å². The second-order valence-corrected chi connectivity index (χ2v) is 5.11. The van der Waals surface area contributed by atoms with E-state index in [9.17, 15) is 8.78 Å². The minimum Gasteiger partial charge on any atom is -0.495 e. The van der Waals surface area contributed by atoms with Crippen LogP contribution in [0.3, 0.4) is 0 Å². The topological polar surface area (TPSA) is 44.5 Å². The van der Waals surface area contributed by atoms with Crippen LogP contribution in [0.15, 0.2) is 34.8 Å². The van der Waals surface area contributed by atoms with Crippen molar-refractivity contribution in [2.75, 3.05) is 14.2 Å². The van der Waals surface area contributed by atoms with Crippen molar-refractivity contribution in [2.24, 2.45) is 5.73 Å². The summed E-state index contributed by atoms with van der Waals surface area (Å²) in [6.07, 6.45) is 0. The fourth-order valence-corrected chi connectivity index (χ4v) is 2.81. The molecule has 112 valence electrons. The Kier molecular flexibility index (Phi) is 4.80. The monoisotopic (exact) mass is 357 g/mol. The number of ether oxygens (including phenoxy) is 2. The van der Waals surface area contributed by atoms with Gasteiger partial charge in [-0.15, -0.1) is 0 Å². The highest BCUT2D eigenvalue weighted by Gasteiger charge is 2.23. The molecule has 1 atom stereocenters. The van der Waals surface area contributed by atoms with Crippen molar-refractivity contribution in [1.29, 1.82) is 0 Å². The molecule has 6 heteroatoms. The lowest BCUT2D eigenvalue weighted by Crippen LogP contribution is -2.17. The summed E-state index contributed by atoms with van der Waals surface area (Å²) in [4.78, 5) is 0. The van der Waals surface area contributed by atoms with E-state index in [1.807, 2.05) is 0 Å². The number of hydrogen-bond acceptors (Lipinski definition) is 3. The molecule has 0 aliphatic rings. The zero-order valence-corrected chi connectivity index (χ0v) is 13.1. The van der Waals surface area contributed by atoms with E-state index < -0.39 is 17.7 Å².